The molecule has 0 bridgehead atoms. The zero-order valence-corrected chi connectivity index (χ0v) is 14.2. The SMILES string of the molecule is [C-]#[N+]/C(C(=O)OCCCCCCCC)=C(/O)c1ccc([N+](=O)[O-])cc1. The fourth-order valence-corrected chi connectivity index (χ4v) is 2.19. The molecule has 0 aromatic heterocycles. The monoisotopic (exact) mass is 346 g/mol. The summed E-state index contributed by atoms with van der Waals surface area (Å²) in [7, 11) is 0. The summed E-state index contributed by atoms with van der Waals surface area (Å²) in [6.07, 6.45) is 6.23. The highest BCUT2D eigenvalue weighted by atomic mass is 16.6. The van der Waals surface area contributed by atoms with E-state index in [-0.39, 0.29) is 17.9 Å². The quantitative estimate of drug-likeness (QED) is 0.127. The van der Waals surface area contributed by atoms with Crippen molar-refractivity contribution in [2.45, 2.75) is 45.4 Å². The van der Waals surface area contributed by atoms with Gasteiger partial charge in [-0.05, 0) is 18.6 Å². The Bertz CT molecular complexity index is 659. The van der Waals surface area contributed by atoms with Gasteiger partial charge in [0.1, 0.15) is 5.76 Å². The molecule has 0 amide bonds. The molecule has 0 saturated carbocycles. The first-order valence-electron chi connectivity index (χ1n) is 8.23. The number of nitrogens with zero attached hydrogens (tertiary/aromatic N) is 2. The predicted molar refractivity (Wildman–Crippen MR) is 93.6 cm³/mol. The molecule has 0 atom stereocenters. The van der Waals surface area contributed by atoms with Gasteiger partial charge in [-0.2, -0.15) is 0 Å². The largest absolute Gasteiger partial charge is 0.518 e. The van der Waals surface area contributed by atoms with Gasteiger partial charge in [-0.25, -0.2) is 4.85 Å². The maximum absolute atomic E-state index is 11.9. The van der Waals surface area contributed by atoms with Gasteiger partial charge in [-0.1, -0.05) is 39.0 Å². The Kier molecular flexibility index (Phi) is 8.72. The number of aliphatic hydroxyl groups is 1. The molecular formula is C18H22N2O5. The van der Waals surface area contributed by atoms with Crippen molar-refractivity contribution in [3.63, 3.8) is 0 Å². The van der Waals surface area contributed by atoms with Gasteiger partial charge >= 0.3 is 11.7 Å². The highest BCUT2D eigenvalue weighted by Gasteiger charge is 2.19. The molecule has 0 aliphatic rings. The van der Waals surface area contributed by atoms with E-state index in [4.69, 9.17) is 11.3 Å². The number of aliphatic hydroxyl groups excluding tert-OH is 1. The molecule has 0 aliphatic carbocycles. The Morgan fingerprint density at radius 3 is 2.36 bits per heavy atom. The summed E-state index contributed by atoms with van der Waals surface area (Å²) >= 11 is 0. The Hall–Kier alpha value is -2.88. The molecular weight excluding hydrogens is 324 g/mol. The number of esters is 1. The number of rotatable bonds is 10. The number of carbonyl (C=O) groups excluding carboxylic acids is 1. The molecule has 0 saturated heterocycles. The Balaban J connectivity index is 2.62. The summed E-state index contributed by atoms with van der Waals surface area (Å²) in [5, 5.41) is 20.7. The fraction of sp³-hybridized carbons (Fsp3) is 0.444. The minimum Gasteiger partial charge on any atom is -0.518 e. The van der Waals surface area contributed by atoms with Crippen LogP contribution in [0.3, 0.4) is 0 Å². The van der Waals surface area contributed by atoms with Crippen LogP contribution in [-0.2, 0) is 9.53 Å². The molecule has 1 N–H and O–H groups in total. The molecule has 0 fully saturated rings. The van der Waals surface area contributed by atoms with E-state index in [2.05, 4.69) is 11.8 Å². The van der Waals surface area contributed by atoms with Crippen LogP contribution in [0.2, 0.25) is 0 Å². The number of hydrogen-bond acceptors (Lipinski definition) is 5. The van der Waals surface area contributed by atoms with E-state index in [1.165, 1.54) is 30.7 Å². The number of nitro benzene ring substituents is 1. The number of unbranched alkanes of at least 4 members (excludes halogenated alkanes) is 5. The Labute approximate surface area is 146 Å². The van der Waals surface area contributed by atoms with Crippen LogP contribution in [-0.4, -0.2) is 22.6 Å². The van der Waals surface area contributed by atoms with Crippen LogP contribution in [0.1, 0.15) is 51.0 Å². The summed E-state index contributed by atoms with van der Waals surface area (Å²) in [6.45, 7) is 9.40. The molecule has 1 rings (SSSR count). The topological polar surface area (TPSA) is 94.0 Å². The van der Waals surface area contributed by atoms with Crippen molar-refractivity contribution in [3.8, 4) is 0 Å². The van der Waals surface area contributed by atoms with E-state index in [1.807, 2.05) is 0 Å². The first-order valence-corrected chi connectivity index (χ1v) is 8.23. The summed E-state index contributed by atoms with van der Waals surface area (Å²) in [4.78, 5) is 25.0. The van der Waals surface area contributed by atoms with Crippen LogP contribution >= 0.6 is 0 Å². The number of nitro groups is 1. The minimum atomic E-state index is -0.889. The van der Waals surface area contributed by atoms with Crippen LogP contribution in [0, 0.1) is 16.7 Å². The summed E-state index contributed by atoms with van der Waals surface area (Å²) in [5.74, 6) is -1.43. The van der Waals surface area contributed by atoms with Crippen molar-refractivity contribution in [1.29, 1.82) is 0 Å². The lowest BCUT2D eigenvalue weighted by Crippen LogP contribution is -2.09. The Morgan fingerprint density at radius 2 is 1.80 bits per heavy atom. The van der Waals surface area contributed by atoms with Crippen LogP contribution in [0.4, 0.5) is 5.69 Å². The van der Waals surface area contributed by atoms with Crippen molar-refractivity contribution in [2.75, 3.05) is 6.61 Å². The number of non-ortho nitro benzene ring substituents is 1. The van der Waals surface area contributed by atoms with Crippen LogP contribution in [0.25, 0.3) is 10.6 Å². The lowest BCUT2D eigenvalue weighted by molar-refractivity contribution is -0.384. The average Bonchev–Trinajstić information content (AvgIpc) is 2.61. The normalized spacial score (nSPS) is 11.4. The maximum atomic E-state index is 11.9. The molecule has 0 unspecified atom stereocenters. The number of hydrogen-bond donors (Lipinski definition) is 1. The molecule has 1 aromatic carbocycles. The van der Waals surface area contributed by atoms with Gasteiger partial charge in [-0.15, -0.1) is 0 Å². The molecule has 7 heteroatoms. The van der Waals surface area contributed by atoms with Crippen molar-refractivity contribution in [2.24, 2.45) is 0 Å². The standard InChI is InChI=1S/C18H22N2O5/c1-3-4-5-6-7-8-13-25-18(22)16(19-2)17(21)14-9-11-15(12-10-14)20(23)24/h9-12,21H,3-8,13H2,1H3/b17-16+. The third-order valence-corrected chi connectivity index (χ3v) is 3.61. The second kappa shape index (κ2) is 10.8. The van der Waals surface area contributed by atoms with Gasteiger partial charge < -0.3 is 9.84 Å². The minimum absolute atomic E-state index is 0.146. The fourth-order valence-electron chi connectivity index (χ4n) is 2.19. The number of benzene rings is 1. The zero-order chi connectivity index (χ0) is 18.7. The lowest BCUT2D eigenvalue weighted by atomic mass is 10.1. The van der Waals surface area contributed by atoms with E-state index in [9.17, 15) is 20.0 Å². The zero-order valence-electron chi connectivity index (χ0n) is 14.2. The van der Waals surface area contributed by atoms with Gasteiger partial charge in [0.05, 0.1) is 18.1 Å². The molecule has 134 valence electrons. The van der Waals surface area contributed by atoms with Crippen molar-refractivity contribution >= 4 is 17.4 Å². The third kappa shape index (κ3) is 6.63. The number of carbonyl (C=O) groups is 1. The van der Waals surface area contributed by atoms with Crippen LogP contribution < -0.4 is 0 Å². The van der Waals surface area contributed by atoms with E-state index < -0.39 is 22.3 Å². The number of ether oxygens (including phenoxy) is 1. The molecule has 0 spiro atoms. The van der Waals surface area contributed by atoms with Gasteiger partial charge in [0.15, 0.2) is 0 Å². The van der Waals surface area contributed by atoms with Crippen molar-refractivity contribution < 1.29 is 19.6 Å². The third-order valence-electron chi connectivity index (χ3n) is 3.61. The van der Waals surface area contributed by atoms with Crippen LogP contribution in [0.15, 0.2) is 30.0 Å². The summed E-state index contributed by atoms with van der Waals surface area (Å²) in [5.41, 5.74) is -0.528. The second-order valence-electron chi connectivity index (χ2n) is 5.52. The molecule has 1 aromatic rings. The predicted octanol–water partition coefficient (Wildman–Crippen LogP) is 4.64. The van der Waals surface area contributed by atoms with Gasteiger partial charge in [0.2, 0.25) is 0 Å². The van der Waals surface area contributed by atoms with E-state index in [0.29, 0.717) is 6.42 Å². The Morgan fingerprint density at radius 1 is 1.20 bits per heavy atom. The molecule has 0 aliphatic heterocycles. The molecule has 7 nitrogen and oxygen atoms in total. The highest BCUT2D eigenvalue weighted by Crippen LogP contribution is 2.21. The van der Waals surface area contributed by atoms with Crippen molar-refractivity contribution in [3.05, 3.63) is 57.1 Å². The van der Waals surface area contributed by atoms with Gasteiger partial charge in [0, 0.05) is 17.7 Å². The van der Waals surface area contributed by atoms with E-state index in [0.717, 1.165) is 25.7 Å². The van der Waals surface area contributed by atoms with E-state index in [1.54, 1.807) is 0 Å². The van der Waals surface area contributed by atoms with Crippen LogP contribution in [0.5, 0.6) is 0 Å². The summed E-state index contributed by atoms with van der Waals surface area (Å²) < 4.78 is 5.03. The smallest absolute Gasteiger partial charge is 0.340 e. The molecule has 0 heterocycles. The molecule has 0 radical (unpaired) electrons. The maximum Gasteiger partial charge on any atom is 0.340 e. The second-order valence-corrected chi connectivity index (χ2v) is 5.52. The summed E-state index contributed by atoms with van der Waals surface area (Å²) in [6, 6.07) is 4.93. The van der Waals surface area contributed by atoms with Crippen molar-refractivity contribution in [1.82, 2.24) is 0 Å². The average molecular weight is 346 g/mol. The first kappa shape index (κ1) is 20.2. The highest BCUT2D eigenvalue weighted by molar-refractivity contribution is 5.97. The lowest BCUT2D eigenvalue weighted by Gasteiger charge is -2.06. The molecule has 25 heavy (non-hydrogen) atoms. The van der Waals surface area contributed by atoms with Gasteiger partial charge in [0.25, 0.3) is 5.69 Å². The van der Waals surface area contributed by atoms with Gasteiger partial charge in [-0.3, -0.25) is 14.9 Å². The van der Waals surface area contributed by atoms with E-state index >= 15 is 0 Å². The first-order chi connectivity index (χ1) is 12.0.